The molecule has 2 atom stereocenters. The maximum Gasteiger partial charge on any atom is -0.0352 e. The first kappa shape index (κ1) is 10.1. The summed E-state index contributed by atoms with van der Waals surface area (Å²) in [5.74, 6) is 3.63. The third-order valence-corrected chi connectivity index (χ3v) is 3.38. The molecule has 2 unspecified atom stereocenters. The maximum atomic E-state index is 2.55. The summed E-state index contributed by atoms with van der Waals surface area (Å²) in [5.41, 5.74) is 0. The summed E-state index contributed by atoms with van der Waals surface area (Å²) in [4.78, 5) is 0. The first-order valence-electron chi connectivity index (χ1n) is 5.44. The average molecular weight is 167 g/mol. The van der Waals surface area contributed by atoms with E-state index in [1.165, 1.54) is 19.3 Å². The van der Waals surface area contributed by atoms with Crippen molar-refractivity contribution in [3.8, 4) is 0 Å². The van der Waals surface area contributed by atoms with Crippen molar-refractivity contribution in [3.63, 3.8) is 0 Å². The highest BCUT2D eigenvalue weighted by molar-refractivity contribution is 4.87. The van der Waals surface area contributed by atoms with Crippen molar-refractivity contribution in [2.75, 3.05) is 0 Å². The summed E-state index contributed by atoms with van der Waals surface area (Å²) >= 11 is 0. The standard InChI is InChI=1S/C12H23/c1-9(2)11-6-5-7-12(8-11)10(3)4/h6,9-12H,5,7-8H2,1-4H3. The lowest BCUT2D eigenvalue weighted by molar-refractivity contribution is 0.223. The Hall–Kier alpha value is 0. The maximum absolute atomic E-state index is 2.55. The minimum atomic E-state index is 0.853. The van der Waals surface area contributed by atoms with Crippen LogP contribution in [0.5, 0.6) is 0 Å². The SMILES string of the molecule is CC(C)C1[CH]CCC(C(C)C)C1. The second kappa shape index (κ2) is 4.30. The van der Waals surface area contributed by atoms with Gasteiger partial charge in [-0.1, -0.05) is 27.7 Å². The van der Waals surface area contributed by atoms with Gasteiger partial charge in [-0.2, -0.15) is 0 Å². The van der Waals surface area contributed by atoms with E-state index in [4.69, 9.17) is 0 Å². The highest BCUT2D eigenvalue weighted by Gasteiger charge is 2.25. The van der Waals surface area contributed by atoms with Gasteiger partial charge in [-0.25, -0.2) is 0 Å². The average Bonchev–Trinajstić information content (AvgIpc) is 2.04. The Balaban J connectivity index is 2.40. The van der Waals surface area contributed by atoms with E-state index in [1.54, 1.807) is 0 Å². The van der Waals surface area contributed by atoms with E-state index in [1.807, 2.05) is 0 Å². The molecule has 0 spiro atoms. The van der Waals surface area contributed by atoms with Gasteiger partial charge in [0.05, 0.1) is 0 Å². The molecule has 0 heteroatoms. The van der Waals surface area contributed by atoms with Crippen LogP contribution in [-0.4, -0.2) is 0 Å². The molecule has 0 N–H and O–H groups in total. The van der Waals surface area contributed by atoms with E-state index in [2.05, 4.69) is 34.1 Å². The van der Waals surface area contributed by atoms with Crippen LogP contribution in [0.3, 0.4) is 0 Å². The molecule has 0 aliphatic heterocycles. The second-order valence-corrected chi connectivity index (χ2v) is 4.96. The molecular formula is C12H23. The highest BCUT2D eigenvalue weighted by Crippen LogP contribution is 2.36. The molecule has 1 aliphatic carbocycles. The first-order valence-corrected chi connectivity index (χ1v) is 5.44. The molecule has 0 aromatic rings. The zero-order valence-electron chi connectivity index (χ0n) is 9.01. The van der Waals surface area contributed by atoms with Crippen molar-refractivity contribution >= 4 is 0 Å². The minimum Gasteiger partial charge on any atom is -0.0625 e. The molecule has 0 bridgehead atoms. The molecule has 0 aromatic carbocycles. The van der Waals surface area contributed by atoms with Crippen LogP contribution in [0.15, 0.2) is 0 Å². The predicted molar refractivity (Wildman–Crippen MR) is 54.8 cm³/mol. The van der Waals surface area contributed by atoms with Crippen molar-refractivity contribution in [1.29, 1.82) is 0 Å². The topological polar surface area (TPSA) is 0 Å². The van der Waals surface area contributed by atoms with Gasteiger partial charge in [0.25, 0.3) is 0 Å². The van der Waals surface area contributed by atoms with Crippen molar-refractivity contribution < 1.29 is 0 Å². The quantitative estimate of drug-likeness (QED) is 0.585. The van der Waals surface area contributed by atoms with Crippen LogP contribution in [0.1, 0.15) is 47.0 Å². The monoisotopic (exact) mass is 167 g/mol. The zero-order chi connectivity index (χ0) is 9.14. The van der Waals surface area contributed by atoms with Crippen LogP contribution < -0.4 is 0 Å². The Bertz CT molecular complexity index is 110. The van der Waals surface area contributed by atoms with Crippen molar-refractivity contribution in [3.05, 3.63) is 6.42 Å². The third-order valence-electron chi connectivity index (χ3n) is 3.38. The zero-order valence-corrected chi connectivity index (χ0v) is 9.01. The van der Waals surface area contributed by atoms with E-state index < -0.39 is 0 Å². The fourth-order valence-corrected chi connectivity index (χ4v) is 2.24. The minimum absolute atomic E-state index is 0.853. The summed E-state index contributed by atoms with van der Waals surface area (Å²) < 4.78 is 0. The van der Waals surface area contributed by atoms with Crippen LogP contribution in [0.4, 0.5) is 0 Å². The van der Waals surface area contributed by atoms with E-state index in [9.17, 15) is 0 Å². The van der Waals surface area contributed by atoms with E-state index in [0.717, 1.165) is 23.7 Å². The molecule has 0 aromatic heterocycles. The third kappa shape index (κ3) is 2.50. The molecule has 1 rings (SSSR count). The second-order valence-electron chi connectivity index (χ2n) is 4.96. The molecule has 1 radical (unpaired) electrons. The Morgan fingerprint density at radius 2 is 1.75 bits per heavy atom. The van der Waals surface area contributed by atoms with Crippen molar-refractivity contribution in [2.45, 2.75) is 47.0 Å². The van der Waals surface area contributed by atoms with Crippen LogP contribution in [0, 0.1) is 30.1 Å². The molecule has 0 amide bonds. The number of hydrogen-bond acceptors (Lipinski definition) is 0. The van der Waals surface area contributed by atoms with Gasteiger partial charge in [0, 0.05) is 0 Å². The Morgan fingerprint density at radius 3 is 2.25 bits per heavy atom. The van der Waals surface area contributed by atoms with Gasteiger partial charge < -0.3 is 0 Å². The van der Waals surface area contributed by atoms with Gasteiger partial charge in [0.2, 0.25) is 0 Å². The summed E-state index contributed by atoms with van der Waals surface area (Å²) in [7, 11) is 0. The molecule has 1 aliphatic rings. The lowest BCUT2D eigenvalue weighted by atomic mass is 9.72. The van der Waals surface area contributed by atoms with E-state index >= 15 is 0 Å². The van der Waals surface area contributed by atoms with Crippen LogP contribution in [0.25, 0.3) is 0 Å². The molecule has 0 nitrogen and oxygen atoms in total. The molecule has 1 saturated carbocycles. The predicted octanol–water partition coefficient (Wildman–Crippen LogP) is 3.92. The molecule has 71 valence electrons. The van der Waals surface area contributed by atoms with Crippen LogP contribution >= 0.6 is 0 Å². The first-order chi connectivity index (χ1) is 5.61. The lowest BCUT2D eigenvalue weighted by Crippen LogP contribution is -2.23. The molecular weight excluding hydrogens is 144 g/mol. The smallest absolute Gasteiger partial charge is 0.0352 e. The van der Waals surface area contributed by atoms with E-state index in [0.29, 0.717) is 0 Å². The Labute approximate surface area is 77.7 Å². The fourth-order valence-electron chi connectivity index (χ4n) is 2.24. The molecule has 0 saturated heterocycles. The van der Waals surface area contributed by atoms with Gasteiger partial charge in [0.1, 0.15) is 0 Å². The molecule has 0 heterocycles. The largest absolute Gasteiger partial charge is 0.0625 e. The Morgan fingerprint density at radius 1 is 1.08 bits per heavy atom. The molecule has 1 fully saturated rings. The summed E-state index contributed by atoms with van der Waals surface area (Å²) in [6.07, 6.45) is 6.77. The van der Waals surface area contributed by atoms with Crippen LogP contribution in [-0.2, 0) is 0 Å². The van der Waals surface area contributed by atoms with Gasteiger partial charge in [-0.15, -0.1) is 0 Å². The van der Waals surface area contributed by atoms with E-state index in [-0.39, 0.29) is 0 Å². The van der Waals surface area contributed by atoms with Crippen molar-refractivity contribution in [2.24, 2.45) is 23.7 Å². The normalized spacial score (nSPS) is 31.5. The lowest BCUT2D eigenvalue weighted by Gasteiger charge is -2.33. The van der Waals surface area contributed by atoms with Gasteiger partial charge in [-0.05, 0) is 49.4 Å². The van der Waals surface area contributed by atoms with Gasteiger partial charge in [0.15, 0.2) is 0 Å². The summed E-state index contributed by atoms with van der Waals surface area (Å²) in [6.45, 7) is 9.44. The highest BCUT2D eigenvalue weighted by atomic mass is 14.3. The summed E-state index contributed by atoms with van der Waals surface area (Å²) in [5, 5.41) is 0. The number of hydrogen-bond donors (Lipinski definition) is 0. The summed E-state index contributed by atoms with van der Waals surface area (Å²) in [6, 6.07) is 0. The number of rotatable bonds is 2. The molecule has 12 heavy (non-hydrogen) atoms. The Kier molecular flexibility index (Phi) is 3.61. The van der Waals surface area contributed by atoms with Gasteiger partial charge >= 0.3 is 0 Å². The van der Waals surface area contributed by atoms with Gasteiger partial charge in [-0.3, -0.25) is 0 Å². The fraction of sp³-hybridized carbons (Fsp3) is 0.917. The van der Waals surface area contributed by atoms with Crippen LogP contribution in [0.2, 0.25) is 0 Å². The van der Waals surface area contributed by atoms with Crippen molar-refractivity contribution in [1.82, 2.24) is 0 Å².